The van der Waals surface area contributed by atoms with Gasteiger partial charge in [-0.05, 0) is 0 Å². The van der Waals surface area contributed by atoms with Gasteiger partial charge in [-0.15, -0.1) is 0 Å². The summed E-state index contributed by atoms with van der Waals surface area (Å²) in [6, 6.07) is 0. The van der Waals surface area contributed by atoms with Crippen molar-refractivity contribution in [1.82, 2.24) is 9.80 Å². The standard InChI is InChI=1S/C6H9F3N2O/c7-6(8,9)11-3-1-10(5-12)2-4-11/h5H,1-4H2. The van der Waals surface area contributed by atoms with Gasteiger partial charge >= 0.3 is 6.30 Å². The van der Waals surface area contributed by atoms with Crippen LogP contribution in [0.3, 0.4) is 0 Å². The van der Waals surface area contributed by atoms with Crippen molar-refractivity contribution in [2.24, 2.45) is 0 Å². The lowest BCUT2D eigenvalue weighted by atomic mass is 10.3. The molecule has 0 aromatic carbocycles. The van der Waals surface area contributed by atoms with E-state index in [1.54, 1.807) is 0 Å². The summed E-state index contributed by atoms with van der Waals surface area (Å²) < 4.78 is 36.0. The highest BCUT2D eigenvalue weighted by Gasteiger charge is 2.38. The summed E-state index contributed by atoms with van der Waals surface area (Å²) in [4.78, 5) is 11.9. The molecule has 0 atom stereocenters. The Morgan fingerprint density at radius 1 is 1.08 bits per heavy atom. The van der Waals surface area contributed by atoms with Gasteiger partial charge in [0.05, 0.1) is 0 Å². The van der Waals surface area contributed by atoms with Crippen LogP contribution in [0, 0.1) is 0 Å². The lowest BCUT2D eigenvalue weighted by Gasteiger charge is -2.33. The van der Waals surface area contributed by atoms with Gasteiger partial charge in [-0.2, -0.15) is 13.2 Å². The largest absolute Gasteiger partial charge is 0.460 e. The van der Waals surface area contributed by atoms with Crippen LogP contribution in [0.15, 0.2) is 0 Å². The summed E-state index contributed by atoms with van der Waals surface area (Å²) in [5, 5.41) is 0. The number of hydrogen-bond acceptors (Lipinski definition) is 2. The first-order chi connectivity index (χ1) is 5.54. The van der Waals surface area contributed by atoms with Crippen molar-refractivity contribution in [2.75, 3.05) is 26.2 Å². The van der Waals surface area contributed by atoms with Gasteiger partial charge < -0.3 is 4.90 Å². The molecule has 0 N–H and O–H groups in total. The minimum absolute atomic E-state index is 0.123. The molecule has 0 radical (unpaired) electrons. The normalized spacial score (nSPS) is 21.1. The van der Waals surface area contributed by atoms with Crippen molar-refractivity contribution >= 4 is 6.41 Å². The van der Waals surface area contributed by atoms with Gasteiger partial charge in [-0.3, -0.25) is 4.79 Å². The molecule has 6 heteroatoms. The van der Waals surface area contributed by atoms with Crippen LogP contribution in [0.2, 0.25) is 0 Å². The summed E-state index contributed by atoms with van der Waals surface area (Å²) >= 11 is 0. The maximum absolute atomic E-state index is 12.0. The van der Waals surface area contributed by atoms with Crippen LogP contribution in [0.4, 0.5) is 13.2 Å². The van der Waals surface area contributed by atoms with Gasteiger partial charge in [-0.1, -0.05) is 0 Å². The molecule has 0 saturated carbocycles. The summed E-state index contributed by atoms with van der Waals surface area (Å²) in [6.45, 7) is 0.0660. The Bertz CT molecular complexity index is 163. The molecule has 1 fully saturated rings. The van der Waals surface area contributed by atoms with Gasteiger partial charge in [0.2, 0.25) is 6.41 Å². The van der Waals surface area contributed by atoms with Gasteiger partial charge in [0.1, 0.15) is 0 Å². The fraction of sp³-hybridized carbons (Fsp3) is 0.833. The Morgan fingerprint density at radius 2 is 1.58 bits per heavy atom. The molecule has 1 heterocycles. The summed E-state index contributed by atoms with van der Waals surface area (Å²) in [5.74, 6) is 0. The molecule has 1 amide bonds. The average molecular weight is 182 g/mol. The molecule has 0 spiro atoms. The predicted molar refractivity (Wildman–Crippen MR) is 35.3 cm³/mol. The van der Waals surface area contributed by atoms with Gasteiger partial charge in [-0.25, -0.2) is 4.90 Å². The zero-order valence-electron chi connectivity index (χ0n) is 6.34. The van der Waals surface area contributed by atoms with Crippen LogP contribution >= 0.6 is 0 Å². The predicted octanol–water partition coefficient (Wildman–Crippen LogP) is 0.280. The van der Waals surface area contributed by atoms with E-state index in [2.05, 4.69) is 0 Å². The van der Waals surface area contributed by atoms with Crippen molar-refractivity contribution in [3.63, 3.8) is 0 Å². The second-order valence-electron chi connectivity index (χ2n) is 2.60. The summed E-state index contributed by atoms with van der Waals surface area (Å²) in [6.07, 6.45) is -3.68. The van der Waals surface area contributed by atoms with Gasteiger partial charge in [0.25, 0.3) is 0 Å². The molecule has 3 nitrogen and oxygen atoms in total. The number of piperazine rings is 1. The quantitative estimate of drug-likeness (QED) is 0.429. The molecule has 0 unspecified atom stereocenters. The zero-order chi connectivity index (χ0) is 9.19. The topological polar surface area (TPSA) is 23.6 Å². The number of carbonyl (C=O) groups is 1. The number of amides is 1. The van der Waals surface area contributed by atoms with Crippen molar-refractivity contribution in [3.8, 4) is 0 Å². The Labute approximate surface area is 67.7 Å². The van der Waals surface area contributed by atoms with E-state index in [-0.39, 0.29) is 26.2 Å². The first-order valence-electron chi connectivity index (χ1n) is 3.55. The molecule has 70 valence electrons. The molecule has 0 aromatic rings. The number of nitrogens with zero attached hydrogens (tertiary/aromatic N) is 2. The van der Waals surface area contributed by atoms with Crippen molar-refractivity contribution < 1.29 is 18.0 Å². The highest BCUT2D eigenvalue weighted by molar-refractivity contribution is 5.47. The van der Waals surface area contributed by atoms with Crippen molar-refractivity contribution in [3.05, 3.63) is 0 Å². The van der Waals surface area contributed by atoms with Crippen molar-refractivity contribution in [2.45, 2.75) is 6.30 Å². The average Bonchev–Trinajstić information content (AvgIpc) is 2.03. The Morgan fingerprint density at radius 3 is 1.92 bits per heavy atom. The van der Waals surface area contributed by atoms with E-state index in [4.69, 9.17) is 0 Å². The summed E-state index contributed by atoms with van der Waals surface area (Å²) in [5.41, 5.74) is 0. The van der Waals surface area contributed by atoms with E-state index in [1.165, 1.54) is 4.90 Å². The van der Waals surface area contributed by atoms with E-state index in [1.807, 2.05) is 0 Å². The Balaban J connectivity index is 2.41. The SMILES string of the molecule is O=CN1CCN(C(F)(F)F)CC1. The Hall–Kier alpha value is -0.780. The number of hydrogen-bond donors (Lipinski definition) is 0. The number of rotatable bonds is 1. The lowest BCUT2D eigenvalue weighted by Crippen LogP contribution is -2.51. The van der Waals surface area contributed by atoms with Crippen molar-refractivity contribution in [1.29, 1.82) is 0 Å². The molecule has 0 aliphatic carbocycles. The van der Waals surface area contributed by atoms with E-state index < -0.39 is 6.30 Å². The minimum atomic E-state index is -4.25. The third-order valence-corrected chi connectivity index (χ3v) is 1.82. The van der Waals surface area contributed by atoms with Crippen LogP contribution in [-0.4, -0.2) is 48.7 Å². The van der Waals surface area contributed by atoms with E-state index >= 15 is 0 Å². The van der Waals surface area contributed by atoms with Gasteiger partial charge in [0.15, 0.2) is 0 Å². The molecular formula is C6H9F3N2O. The highest BCUT2D eigenvalue weighted by atomic mass is 19.4. The molecule has 1 aliphatic heterocycles. The molecule has 0 bridgehead atoms. The molecule has 0 aromatic heterocycles. The lowest BCUT2D eigenvalue weighted by molar-refractivity contribution is -0.251. The van der Waals surface area contributed by atoms with Crippen LogP contribution in [0.5, 0.6) is 0 Å². The van der Waals surface area contributed by atoms with Crippen LogP contribution in [-0.2, 0) is 4.79 Å². The second kappa shape index (κ2) is 3.30. The maximum Gasteiger partial charge on any atom is 0.460 e. The molecule has 1 aliphatic rings. The molecular weight excluding hydrogens is 173 g/mol. The summed E-state index contributed by atoms with van der Waals surface area (Å²) in [7, 11) is 0. The number of alkyl halides is 3. The third-order valence-electron chi connectivity index (χ3n) is 1.82. The second-order valence-corrected chi connectivity index (χ2v) is 2.60. The first-order valence-corrected chi connectivity index (χ1v) is 3.55. The zero-order valence-corrected chi connectivity index (χ0v) is 6.34. The number of carbonyl (C=O) groups excluding carboxylic acids is 1. The fourth-order valence-electron chi connectivity index (χ4n) is 1.08. The van der Waals surface area contributed by atoms with E-state index in [0.717, 1.165) is 0 Å². The van der Waals surface area contributed by atoms with Crippen LogP contribution in [0.1, 0.15) is 0 Å². The first kappa shape index (κ1) is 9.31. The monoisotopic (exact) mass is 182 g/mol. The molecule has 1 saturated heterocycles. The third kappa shape index (κ3) is 2.10. The highest BCUT2D eigenvalue weighted by Crippen LogP contribution is 2.21. The van der Waals surface area contributed by atoms with Crippen LogP contribution in [0.25, 0.3) is 0 Å². The fourth-order valence-corrected chi connectivity index (χ4v) is 1.08. The van der Waals surface area contributed by atoms with E-state index in [0.29, 0.717) is 11.3 Å². The maximum atomic E-state index is 12.0. The molecule has 12 heavy (non-hydrogen) atoms. The van der Waals surface area contributed by atoms with Gasteiger partial charge in [0, 0.05) is 26.2 Å². The Kier molecular flexibility index (Phi) is 2.56. The smallest absolute Gasteiger partial charge is 0.343 e. The molecule has 1 rings (SSSR count). The minimum Gasteiger partial charge on any atom is -0.343 e. The van der Waals surface area contributed by atoms with Crippen LogP contribution < -0.4 is 0 Å². The van der Waals surface area contributed by atoms with E-state index in [9.17, 15) is 18.0 Å². The number of halogens is 3.